The lowest BCUT2D eigenvalue weighted by atomic mass is 9.88. The summed E-state index contributed by atoms with van der Waals surface area (Å²) in [6.07, 6.45) is 0.899. The summed E-state index contributed by atoms with van der Waals surface area (Å²) in [5.74, 6) is 0.0925. The number of hydrogen-bond acceptors (Lipinski definition) is 2. The Hall–Kier alpha value is -1.39. The molecular weight excluding hydrogens is 331 g/mol. The number of anilines is 1. The van der Waals surface area contributed by atoms with E-state index < -0.39 is 0 Å². The van der Waals surface area contributed by atoms with Crippen LogP contribution in [0.4, 0.5) is 10.1 Å². The van der Waals surface area contributed by atoms with E-state index in [4.69, 9.17) is 5.73 Å². The van der Waals surface area contributed by atoms with Gasteiger partial charge in [-0.15, -0.1) is 0 Å². The summed E-state index contributed by atoms with van der Waals surface area (Å²) in [4.78, 5) is 2.29. The van der Waals surface area contributed by atoms with Crippen LogP contribution in [0.15, 0.2) is 53.0 Å². The van der Waals surface area contributed by atoms with Crippen LogP contribution in [0, 0.1) is 5.82 Å². The lowest BCUT2D eigenvalue weighted by Gasteiger charge is -2.38. The van der Waals surface area contributed by atoms with Crippen molar-refractivity contribution >= 4 is 21.6 Å². The van der Waals surface area contributed by atoms with Crippen LogP contribution in [0.2, 0.25) is 0 Å². The molecule has 0 bridgehead atoms. The van der Waals surface area contributed by atoms with Crippen LogP contribution in [0.1, 0.15) is 17.9 Å². The minimum atomic E-state index is -0.179. The zero-order valence-corrected chi connectivity index (χ0v) is 13.3. The molecule has 21 heavy (non-hydrogen) atoms. The second-order valence-corrected chi connectivity index (χ2v) is 6.54. The first-order chi connectivity index (χ1) is 10.1. The van der Waals surface area contributed by atoms with Crippen molar-refractivity contribution in [3.63, 3.8) is 0 Å². The van der Waals surface area contributed by atoms with Gasteiger partial charge in [0, 0.05) is 35.2 Å². The topological polar surface area (TPSA) is 29.3 Å². The molecular formula is C17H18BrFN2. The number of rotatable bonds is 2. The van der Waals surface area contributed by atoms with Gasteiger partial charge < -0.3 is 10.6 Å². The molecule has 2 unspecified atom stereocenters. The quantitative estimate of drug-likeness (QED) is 0.891. The predicted octanol–water partition coefficient (Wildman–Crippen LogP) is 3.91. The molecule has 1 aliphatic rings. The van der Waals surface area contributed by atoms with Crippen LogP contribution in [0.25, 0.3) is 0 Å². The molecule has 1 heterocycles. The van der Waals surface area contributed by atoms with E-state index in [1.165, 1.54) is 6.07 Å². The van der Waals surface area contributed by atoms with E-state index in [0.29, 0.717) is 0 Å². The highest BCUT2D eigenvalue weighted by molar-refractivity contribution is 9.10. The van der Waals surface area contributed by atoms with Crippen molar-refractivity contribution in [1.29, 1.82) is 0 Å². The Morgan fingerprint density at radius 1 is 1.10 bits per heavy atom. The van der Waals surface area contributed by atoms with Gasteiger partial charge in [0.2, 0.25) is 0 Å². The van der Waals surface area contributed by atoms with Gasteiger partial charge in [0.1, 0.15) is 5.82 Å². The molecule has 0 saturated carbocycles. The number of benzene rings is 2. The average Bonchev–Trinajstić information content (AvgIpc) is 2.47. The molecule has 2 N–H and O–H groups in total. The van der Waals surface area contributed by atoms with Crippen molar-refractivity contribution in [3.05, 3.63) is 64.4 Å². The summed E-state index contributed by atoms with van der Waals surface area (Å²) in [6, 6.07) is 15.2. The van der Waals surface area contributed by atoms with E-state index >= 15 is 0 Å². The maximum absolute atomic E-state index is 13.4. The van der Waals surface area contributed by atoms with E-state index in [2.05, 4.69) is 33.0 Å². The SMILES string of the molecule is NC1CC(c2cccc(F)c2)CN(c2ccc(Br)cc2)C1. The Kier molecular flexibility index (Phi) is 4.27. The van der Waals surface area contributed by atoms with E-state index in [1.54, 1.807) is 12.1 Å². The molecule has 2 atom stereocenters. The van der Waals surface area contributed by atoms with Gasteiger partial charge in [-0.05, 0) is 48.4 Å². The highest BCUT2D eigenvalue weighted by Gasteiger charge is 2.26. The standard InChI is InChI=1S/C17H18BrFN2/c18-14-4-6-17(7-5-14)21-10-13(9-16(20)11-21)12-2-1-3-15(19)8-12/h1-8,13,16H,9-11,20H2. The molecule has 0 aliphatic carbocycles. The first-order valence-corrected chi connectivity index (χ1v) is 7.92. The molecule has 2 aromatic rings. The van der Waals surface area contributed by atoms with E-state index in [1.807, 2.05) is 18.2 Å². The Morgan fingerprint density at radius 2 is 1.86 bits per heavy atom. The monoisotopic (exact) mass is 348 g/mol. The predicted molar refractivity (Wildman–Crippen MR) is 88.1 cm³/mol. The minimum absolute atomic E-state index is 0.107. The van der Waals surface area contributed by atoms with Gasteiger partial charge in [0.05, 0.1) is 0 Å². The molecule has 1 saturated heterocycles. The van der Waals surface area contributed by atoms with E-state index in [9.17, 15) is 4.39 Å². The van der Waals surface area contributed by atoms with Crippen LogP contribution in [-0.4, -0.2) is 19.1 Å². The highest BCUT2D eigenvalue weighted by atomic mass is 79.9. The lowest BCUT2D eigenvalue weighted by molar-refractivity contribution is 0.452. The van der Waals surface area contributed by atoms with Crippen LogP contribution in [0.3, 0.4) is 0 Å². The lowest BCUT2D eigenvalue weighted by Crippen LogP contribution is -2.46. The Balaban J connectivity index is 1.83. The van der Waals surface area contributed by atoms with Crippen LogP contribution < -0.4 is 10.6 Å². The van der Waals surface area contributed by atoms with Gasteiger partial charge in [0.15, 0.2) is 0 Å². The molecule has 0 spiro atoms. The molecule has 3 rings (SSSR count). The fraction of sp³-hybridized carbons (Fsp3) is 0.294. The molecule has 0 aromatic heterocycles. The summed E-state index contributed by atoms with van der Waals surface area (Å²) in [7, 11) is 0. The Bertz CT molecular complexity index is 614. The van der Waals surface area contributed by atoms with E-state index in [0.717, 1.165) is 35.2 Å². The van der Waals surface area contributed by atoms with Gasteiger partial charge in [-0.3, -0.25) is 0 Å². The van der Waals surface area contributed by atoms with Gasteiger partial charge in [-0.1, -0.05) is 28.1 Å². The Morgan fingerprint density at radius 3 is 2.57 bits per heavy atom. The van der Waals surface area contributed by atoms with Crippen molar-refractivity contribution in [3.8, 4) is 0 Å². The van der Waals surface area contributed by atoms with E-state index in [-0.39, 0.29) is 17.8 Å². The maximum atomic E-state index is 13.4. The zero-order chi connectivity index (χ0) is 14.8. The molecule has 0 amide bonds. The van der Waals surface area contributed by atoms with Crippen LogP contribution in [0.5, 0.6) is 0 Å². The maximum Gasteiger partial charge on any atom is 0.123 e. The summed E-state index contributed by atoms with van der Waals surface area (Å²) in [5, 5.41) is 0. The first kappa shape index (κ1) is 14.5. The Labute approximate surface area is 132 Å². The first-order valence-electron chi connectivity index (χ1n) is 7.13. The molecule has 2 nitrogen and oxygen atoms in total. The van der Waals surface area contributed by atoms with Crippen LogP contribution in [-0.2, 0) is 0 Å². The van der Waals surface area contributed by atoms with Crippen molar-refractivity contribution in [2.45, 2.75) is 18.4 Å². The molecule has 1 fully saturated rings. The third kappa shape index (κ3) is 3.44. The fourth-order valence-corrected chi connectivity index (χ4v) is 3.27. The van der Waals surface area contributed by atoms with Crippen molar-refractivity contribution in [2.75, 3.05) is 18.0 Å². The number of nitrogens with two attached hydrogens (primary N) is 1. The van der Waals surface area contributed by atoms with Gasteiger partial charge in [-0.25, -0.2) is 4.39 Å². The average molecular weight is 349 g/mol. The largest absolute Gasteiger partial charge is 0.369 e. The highest BCUT2D eigenvalue weighted by Crippen LogP contribution is 2.30. The number of piperidine rings is 1. The molecule has 0 radical (unpaired) electrons. The summed E-state index contributed by atoms with van der Waals surface area (Å²) >= 11 is 3.45. The summed E-state index contributed by atoms with van der Waals surface area (Å²) < 4.78 is 14.5. The molecule has 4 heteroatoms. The van der Waals surface area contributed by atoms with Crippen molar-refractivity contribution in [1.82, 2.24) is 0 Å². The zero-order valence-electron chi connectivity index (χ0n) is 11.7. The fourth-order valence-electron chi connectivity index (χ4n) is 3.00. The van der Waals surface area contributed by atoms with Gasteiger partial charge >= 0.3 is 0 Å². The van der Waals surface area contributed by atoms with Crippen LogP contribution >= 0.6 is 15.9 Å². The summed E-state index contributed by atoms with van der Waals surface area (Å²) in [6.45, 7) is 1.71. The minimum Gasteiger partial charge on any atom is -0.369 e. The summed E-state index contributed by atoms with van der Waals surface area (Å²) in [5.41, 5.74) is 8.41. The molecule has 2 aromatic carbocycles. The normalized spacial score (nSPS) is 22.3. The molecule has 1 aliphatic heterocycles. The number of hydrogen-bond donors (Lipinski definition) is 1. The second-order valence-electron chi connectivity index (χ2n) is 5.63. The number of nitrogens with zero attached hydrogens (tertiary/aromatic N) is 1. The van der Waals surface area contributed by atoms with Crippen molar-refractivity contribution < 1.29 is 4.39 Å². The third-order valence-corrected chi connectivity index (χ3v) is 4.52. The van der Waals surface area contributed by atoms with Crippen molar-refractivity contribution in [2.24, 2.45) is 5.73 Å². The van der Waals surface area contributed by atoms with Gasteiger partial charge in [0.25, 0.3) is 0 Å². The molecule has 110 valence electrons. The smallest absolute Gasteiger partial charge is 0.123 e. The third-order valence-electron chi connectivity index (χ3n) is 3.99. The second kappa shape index (κ2) is 6.16. The van der Waals surface area contributed by atoms with Gasteiger partial charge in [-0.2, -0.15) is 0 Å². The number of halogens is 2.